The molecule has 0 unspecified atom stereocenters. The van der Waals surface area contributed by atoms with Crippen LogP contribution in [0, 0.1) is 0 Å². The molecule has 0 aliphatic carbocycles. The summed E-state index contributed by atoms with van der Waals surface area (Å²) in [5, 5.41) is 2.53. The average molecular weight is 265 g/mol. The second kappa shape index (κ2) is 7.21. The van der Waals surface area contributed by atoms with Gasteiger partial charge in [-0.1, -0.05) is 38.1 Å². The Labute approximate surface area is 112 Å². The molecular weight excluding hydrogens is 246 g/mol. The highest BCUT2D eigenvalue weighted by molar-refractivity contribution is 8.00. The smallest absolute Gasteiger partial charge is 0.229 e. The minimum atomic E-state index is -0.0528. The van der Waals surface area contributed by atoms with Crippen molar-refractivity contribution in [3.8, 4) is 0 Å². The van der Waals surface area contributed by atoms with E-state index in [1.54, 1.807) is 7.05 Å². The number of Topliss-reactive ketones (excluding diaryl/α,β-unsaturated/α-hetero) is 1. The molecule has 0 atom stereocenters. The summed E-state index contributed by atoms with van der Waals surface area (Å²) in [6, 6.07) is 7.69. The van der Waals surface area contributed by atoms with Crippen LogP contribution in [0.1, 0.15) is 35.7 Å². The van der Waals surface area contributed by atoms with Crippen LogP contribution in [0.5, 0.6) is 0 Å². The number of hydrogen-bond acceptors (Lipinski definition) is 3. The number of carbonyl (C=O) groups is 2. The third-order valence-electron chi connectivity index (χ3n) is 2.64. The highest BCUT2D eigenvalue weighted by Crippen LogP contribution is 2.15. The highest BCUT2D eigenvalue weighted by Gasteiger charge is 2.08. The fraction of sp³-hybridized carbons (Fsp3) is 0.429. The van der Waals surface area contributed by atoms with Crippen molar-refractivity contribution >= 4 is 23.5 Å². The number of benzene rings is 1. The van der Waals surface area contributed by atoms with Gasteiger partial charge >= 0.3 is 0 Å². The van der Waals surface area contributed by atoms with Crippen molar-refractivity contribution in [2.24, 2.45) is 0 Å². The van der Waals surface area contributed by atoms with Gasteiger partial charge in [-0.25, -0.2) is 0 Å². The molecule has 0 fully saturated rings. The van der Waals surface area contributed by atoms with Gasteiger partial charge in [0.05, 0.1) is 11.5 Å². The topological polar surface area (TPSA) is 46.2 Å². The van der Waals surface area contributed by atoms with Gasteiger partial charge in [0.15, 0.2) is 5.78 Å². The first-order valence-corrected chi connectivity index (χ1v) is 7.11. The molecule has 0 saturated heterocycles. The molecule has 0 heterocycles. The van der Waals surface area contributed by atoms with Crippen LogP contribution in [0.15, 0.2) is 24.3 Å². The molecule has 4 heteroatoms. The molecule has 98 valence electrons. The number of rotatable bonds is 6. The standard InChI is InChI=1S/C14H19NO2S/c1-10(2)11-4-6-12(7-5-11)13(16)8-18-9-14(17)15-3/h4-7,10H,8-9H2,1-3H3,(H,15,17). The minimum Gasteiger partial charge on any atom is -0.358 e. The van der Waals surface area contributed by atoms with Gasteiger partial charge in [0, 0.05) is 12.6 Å². The maximum Gasteiger partial charge on any atom is 0.229 e. The summed E-state index contributed by atoms with van der Waals surface area (Å²) in [4.78, 5) is 22.8. The molecule has 18 heavy (non-hydrogen) atoms. The van der Waals surface area contributed by atoms with Gasteiger partial charge in [0.1, 0.15) is 0 Å². The fourth-order valence-corrected chi connectivity index (χ4v) is 2.23. The van der Waals surface area contributed by atoms with Crippen LogP contribution in [0.4, 0.5) is 0 Å². The number of thioether (sulfide) groups is 1. The van der Waals surface area contributed by atoms with Crippen LogP contribution in [0.2, 0.25) is 0 Å². The van der Waals surface area contributed by atoms with E-state index in [1.165, 1.54) is 17.3 Å². The lowest BCUT2D eigenvalue weighted by atomic mass is 10.0. The normalized spacial score (nSPS) is 10.4. The Balaban J connectivity index is 2.49. The van der Waals surface area contributed by atoms with E-state index in [1.807, 2.05) is 24.3 Å². The molecular formula is C14H19NO2S. The van der Waals surface area contributed by atoms with E-state index in [2.05, 4.69) is 19.2 Å². The summed E-state index contributed by atoms with van der Waals surface area (Å²) in [6.45, 7) is 4.24. The lowest BCUT2D eigenvalue weighted by Crippen LogP contribution is -2.20. The number of amides is 1. The predicted molar refractivity (Wildman–Crippen MR) is 76.3 cm³/mol. The summed E-state index contributed by atoms with van der Waals surface area (Å²) >= 11 is 1.34. The van der Waals surface area contributed by atoms with E-state index in [4.69, 9.17) is 0 Å². The molecule has 1 N–H and O–H groups in total. The van der Waals surface area contributed by atoms with E-state index in [-0.39, 0.29) is 11.7 Å². The minimum absolute atomic E-state index is 0.0528. The van der Waals surface area contributed by atoms with Gasteiger partial charge in [0.25, 0.3) is 0 Å². The first kappa shape index (κ1) is 14.8. The summed E-state index contributed by atoms with van der Waals surface area (Å²) in [5.74, 6) is 1.15. The van der Waals surface area contributed by atoms with Crippen LogP contribution >= 0.6 is 11.8 Å². The van der Waals surface area contributed by atoms with Gasteiger partial charge in [-0.3, -0.25) is 9.59 Å². The first-order chi connectivity index (χ1) is 8.54. The van der Waals surface area contributed by atoms with Crippen molar-refractivity contribution in [2.45, 2.75) is 19.8 Å². The zero-order chi connectivity index (χ0) is 13.5. The largest absolute Gasteiger partial charge is 0.358 e. The van der Waals surface area contributed by atoms with Gasteiger partial charge in [-0.2, -0.15) is 0 Å². The zero-order valence-corrected chi connectivity index (χ0v) is 11.8. The maximum absolute atomic E-state index is 11.8. The Hall–Kier alpha value is -1.29. The first-order valence-electron chi connectivity index (χ1n) is 5.96. The van der Waals surface area contributed by atoms with Crippen LogP contribution in [0.3, 0.4) is 0 Å². The molecule has 0 aromatic heterocycles. The van der Waals surface area contributed by atoms with Gasteiger partial charge in [0.2, 0.25) is 5.91 Å². The van der Waals surface area contributed by atoms with E-state index >= 15 is 0 Å². The number of hydrogen-bond donors (Lipinski definition) is 1. The summed E-state index contributed by atoms with van der Waals surface area (Å²) in [7, 11) is 1.59. The molecule has 3 nitrogen and oxygen atoms in total. The molecule has 1 amide bonds. The van der Waals surface area contributed by atoms with Crippen LogP contribution in [-0.4, -0.2) is 30.2 Å². The molecule has 1 rings (SSSR count). The van der Waals surface area contributed by atoms with Crippen LogP contribution in [0.25, 0.3) is 0 Å². The summed E-state index contributed by atoms with van der Waals surface area (Å²) in [6.07, 6.45) is 0. The molecule has 0 aliphatic heterocycles. The van der Waals surface area contributed by atoms with Crippen molar-refractivity contribution < 1.29 is 9.59 Å². The fourth-order valence-electron chi connectivity index (χ4n) is 1.45. The second-order valence-electron chi connectivity index (χ2n) is 4.37. The van der Waals surface area contributed by atoms with E-state index < -0.39 is 0 Å². The third kappa shape index (κ3) is 4.53. The van der Waals surface area contributed by atoms with E-state index in [0.29, 0.717) is 23.0 Å². The zero-order valence-electron chi connectivity index (χ0n) is 11.0. The Kier molecular flexibility index (Phi) is 5.92. The maximum atomic E-state index is 11.8. The molecule has 1 aromatic rings. The molecule has 0 bridgehead atoms. The SMILES string of the molecule is CNC(=O)CSCC(=O)c1ccc(C(C)C)cc1. The molecule has 0 spiro atoms. The van der Waals surface area contributed by atoms with E-state index in [0.717, 1.165) is 0 Å². The lowest BCUT2D eigenvalue weighted by molar-refractivity contribution is -0.118. The van der Waals surface area contributed by atoms with Crippen molar-refractivity contribution in [3.63, 3.8) is 0 Å². The summed E-state index contributed by atoms with van der Waals surface area (Å²) in [5.41, 5.74) is 1.94. The van der Waals surface area contributed by atoms with E-state index in [9.17, 15) is 9.59 Å². The van der Waals surface area contributed by atoms with Crippen molar-refractivity contribution in [2.75, 3.05) is 18.6 Å². The van der Waals surface area contributed by atoms with Gasteiger partial charge in [-0.05, 0) is 11.5 Å². The number of carbonyl (C=O) groups excluding carboxylic acids is 2. The quantitative estimate of drug-likeness (QED) is 0.804. The highest BCUT2D eigenvalue weighted by atomic mass is 32.2. The lowest BCUT2D eigenvalue weighted by Gasteiger charge is -2.06. The molecule has 0 radical (unpaired) electrons. The second-order valence-corrected chi connectivity index (χ2v) is 5.35. The van der Waals surface area contributed by atoms with Crippen LogP contribution < -0.4 is 5.32 Å². The van der Waals surface area contributed by atoms with Crippen molar-refractivity contribution in [1.29, 1.82) is 0 Å². The average Bonchev–Trinajstić information content (AvgIpc) is 2.38. The number of nitrogens with one attached hydrogen (secondary N) is 1. The Morgan fingerprint density at radius 2 is 1.78 bits per heavy atom. The van der Waals surface area contributed by atoms with Crippen LogP contribution in [-0.2, 0) is 4.79 Å². The van der Waals surface area contributed by atoms with Crippen molar-refractivity contribution in [3.05, 3.63) is 35.4 Å². The molecule has 0 aliphatic rings. The Morgan fingerprint density at radius 1 is 1.17 bits per heavy atom. The molecule has 0 saturated carbocycles. The summed E-state index contributed by atoms with van der Waals surface area (Å²) < 4.78 is 0. The van der Waals surface area contributed by atoms with Gasteiger partial charge in [-0.15, -0.1) is 11.8 Å². The number of ketones is 1. The molecule has 1 aromatic carbocycles. The van der Waals surface area contributed by atoms with Gasteiger partial charge < -0.3 is 5.32 Å². The van der Waals surface area contributed by atoms with Crippen molar-refractivity contribution in [1.82, 2.24) is 5.32 Å². The monoisotopic (exact) mass is 265 g/mol. The Morgan fingerprint density at radius 3 is 2.28 bits per heavy atom. The predicted octanol–water partition coefficient (Wildman–Crippen LogP) is 2.47. The third-order valence-corrected chi connectivity index (χ3v) is 3.58. The Bertz CT molecular complexity index is 412.